The number of aromatic hydroxyl groups is 1. The Balaban J connectivity index is 2.80. The Labute approximate surface area is 89.3 Å². The van der Waals surface area contributed by atoms with E-state index >= 15 is 0 Å². The maximum Gasteiger partial charge on any atom is 0.241 e. The van der Waals surface area contributed by atoms with Gasteiger partial charge in [-0.25, -0.2) is 0 Å². The molecule has 15 heavy (non-hydrogen) atoms. The van der Waals surface area contributed by atoms with Crippen molar-refractivity contribution in [2.24, 2.45) is 0 Å². The molecule has 3 N–H and O–H groups in total. The van der Waals surface area contributed by atoms with Gasteiger partial charge < -0.3 is 15.7 Å². The van der Waals surface area contributed by atoms with Crippen molar-refractivity contribution in [3.8, 4) is 5.75 Å². The van der Waals surface area contributed by atoms with E-state index in [0.717, 1.165) is 5.56 Å². The highest BCUT2D eigenvalue weighted by Gasteiger charge is 2.12. The van der Waals surface area contributed by atoms with Crippen molar-refractivity contribution in [1.82, 2.24) is 5.32 Å². The normalized spacial score (nSPS) is 12.2. The molecule has 0 aliphatic heterocycles. The van der Waals surface area contributed by atoms with Crippen molar-refractivity contribution >= 4 is 11.6 Å². The van der Waals surface area contributed by atoms with Gasteiger partial charge in [0.15, 0.2) is 0 Å². The smallest absolute Gasteiger partial charge is 0.241 e. The highest BCUT2D eigenvalue weighted by Crippen LogP contribution is 2.23. The van der Waals surface area contributed by atoms with E-state index in [-0.39, 0.29) is 17.7 Å². The topological polar surface area (TPSA) is 61.4 Å². The Morgan fingerprint density at radius 3 is 2.73 bits per heavy atom. The monoisotopic (exact) mass is 208 g/mol. The molecule has 1 aromatic rings. The molecule has 1 amide bonds. The molecule has 1 aromatic carbocycles. The summed E-state index contributed by atoms with van der Waals surface area (Å²) in [6.07, 6.45) is 0. The van der Waals surface area contributed by atoms with Crippen LogP contribution in [0, 0.1) is 6.92 Å². The quantitative estimate of drug-likeness (QED) is 0.655. The Kier molecular flexibility index (Phi) is 3.68. The molecule has 4 heteroatoms. The molecule has 0 spiro atoms. The van der Waals surface area contributed by atoms with Gasteiger partial charge in [0.1, 0.15) is 5.75 Å². The van der Waals surface area contributed by atoms with Crippen molar-refractivity contribution < 1.29 is 9.90 Å². The zero-order valence-electron chi connectivity index (χ0n) is 9.16. The fourth-order valence-corrected chi connectivity index (χ4v) is 1.12. The fourth-order valence-electron chi connectivity index (χ4n) is 1.12. The summed E-state index contributed by atoms with van der Waals surface area (Å²) in [6, 6.07) is 4.79. The standard InChI is InChI=1S/C11H16N2O2/c1-7-4-5-10(14)9(6-7)13-11(15)8(2)12-3/h4-6,8,12,14H,1-3H3,(H,13,15). The molecule has 0 aliphatic rings. The zero-order chi connectivity index (χ0) is 11.4. The van der Waals surface area contributed by atoms with Crippen molar-refractivity contribution in [3.63, 3.8) is 0 Å². The number of carbonyl (C=O) groups is 1. The predicted octanol–water partition coefficient (Wildman–Crippen LogP) is 1.25. The summed E-state index contributed by atoms with van der Waals surface area (Å²) in [5.41, 5.74) is 1.43. The molecular weight excluding hydrogens is 192 g/mol. The summed E-state index contributed by atoms with van der Waals surface area (Å²) in [5.74, 6) is -0.0874. The molecule has 0 saturated heterocycles. The Bertz CT molecular complexity index is 364. The summed E-state index contributed by atoms with van der Waals surface area (Å²) < 4.78 is 0. The van der Waals surface area contributed by atoms with Gasteiger partial charge in [-0.3, -0.25) is 4.79 Å². The van der Waals surface area contributed by atoms with Crippen LogP contribution in [0.3, 0.4) is 0 Å². The lowest BCUT2D eigenvalue weighted by Gasteiger charge is -2.12. The molecule has 0 heterocycles. The number of benzene rings is 1. The van der Waals surface area contributed by atoms with Gasteiger partial charge in [-0.2, -0.15) is 0 Å². The maximum atomic E-state index is 11.5. The van der Waals surface area contributed by atoms with E-state index in [0.29, 0.717) is 5.69 Å². The van der Waals surface area contributed by atoms with Crippen LogP contribution in [0.5, 0.6) is 5.75 Å². The van der Waals surface area contributed by atoms with E-state index < -0.39 is 0 Å². The van der Waals surface area contributed by atoms with E-state index in [1.54, 1.807) is 32.2 Å². The van der Waals surface area contributed by atoms with Crippen molar-refractivity contribution in [3.05, 3.63) is 23.8 Å². The molecule has 1 atom stereocenters. The largest absolute Gasteiger partial charge is 0.506 e. The van der Waals surface area contributed by atoms with Crippen LogP contribution in [-0.4, -0.2) is 24.1 Å². The average molecular weight is 208 g/mol. The van der Waals surface area contributed by atoms with E-state index in [2.05, 4.69) is 10.6 Å². The van der Waals surface area contributed by atoms with Crippen LogP contribution in [0.25, 0.3) is 0 Å². The number of phenolic OH excluding ortho intramolecular Hbond substituents is 1. The number of likely N-dealkylation sites (N-methyl/N-ethyl adjacent to an activating group) is 1. The third-order valence-electron chi connectivity index (χ3n) is 2.24. The molecule has 0 aliphatic carbocycles. The number of hydrogen-bond donors (Lipinski definition) is 3. The first-order chi connectivity index (χ1) is 7.04. The van der Waals surface area contributed by atoms with Gasteiger partial charge >= 0.3 is 0 Å². The molecule has 1 rings (SSSR count). The number of phenols is 1. The van der Waals surface area contributed by atoms with Crippen molar-refractivity contribution in [1.29, 1.82) is 0 Å². The number of rotatable bonds is 3. The van der Waals surface area contributed by atoms with Gasteiger partial charge in [0.05, 0.1) is 11.7 Å². The summed E-state index contributed by atoms with van der Waals surface area (Å²) in [5, 5.41) is 15.0. The third-order valence-corrected chi connectivity index (χ3v) is 2.24. The number of anilines is 1. The third kappa shape index (κ3) is 2.95. The lowest BCUT2D eigenvalue weighted by atomic mass is 10.2. The second-order valence-electron chi connectivity index (χ2n) is 3.52. The van der Waals surface area contributed by atoms with Crippen LogP contribution in [0.15, 0.2) is 18.2 Å². The van der Waals surface area contributed by atoms with Crippen LogP contribution >= 0.6 is 0 Å². The number of carbonyl (C=O) groups excluding carboxylic acids is 1. The van der Waals surface area contributed by atoms with E-state index in [4.69, 9.17) is 0 Å². The summed E-state index contributed by atoms with van der Waals surface area (Å²) in [6.45, 7) is 3.65. The average Bonchev–Trinajstić information content (AvgIpc) is 2.22. The Morgan fingerprint density at radius 1 is 1.47 bits per heavy atom. The lowest BCUT2D eigenvalue weighted by Crippen LogP contribution is -2.35. The van der Waals surface area contributed by atoms with Gasteiger partial charge in [0.2, 0.25) is 5.91 Å². The first kappa shape index (κ1) is 11.5. The van der Waals surface area contributed by atoms with Crippen molar-refractivity contribution in [2.45, 2.75) is 19.9 Å². The molecular formula is C11H16N2O2. The van der Waals surface area contributed by atoms with Gasteiger partial charge in [-0.05, 0) is 38.6 Å². The van der Waals surface area contributed by atoms with Crippen LogP contribution < -0.4 is 10.6 Å². The highest BCUT2D eigenvalue weighted by atomic mass is 16.3. The minimum Gasteiger partial charge on any atom is -0.506 e. The summed E-state index contributed by atoms with van der Waals surface area (Å²) >= 11 is 0. The van der Waals surface area contributed by atoms with Gasteiger partial charge in [0, 0.05) is 0 Å². The highest BCUT2D eigenvalue weighted by molar-refractivity contribution is 5.95. The number of amides is 1. The second-order valence-corrected chi connectivity index (χ2v) is 3.52. The van der Waals surface area contributed by atoms with Gasteiger partial charge in [-0.1, -0.05) is 6.07 Å². The molecule has 0 fully saturated rings. The molecule has 0 saturated carbocycles. The molecule has 0 aromatic heterocycles. The zero-order valence-corrected chi connectivity index (χ0v) is 9.16. The first-order valence-corrected chi connectivity index (χ1v) is 4.82. The Morgan fingerprint density at radius 2 is 2.13 bits per heavy atom. The minimum atomic E-state index is -0.287. The van der Waals surface area contributed by atoms with Gasteiger partial charge in [0.25, 0.3) is 0 Å². The lowest BCUT2D eigenvalue weighted by molar-refractivity contribution is -0.117. The summed E-state index contributed by atoms with van der Waals surface area (Å²) in [4.78, 5) is 11.5. The maximum absolute atomic E-state index is 11.5. The first-order valence-electron chi connectivity index (χ1n) is 4.82. The van der Waals surface area contributed by atoms with E-state index in [1.165, 1.54) is 0 Å². The van der Waals surface area contributed by atoms with Crippen LogP contribution in [-0.2, 0) is 4.79 Å². The number of hydrogen-bond acceptors (Lipinski definition) is 3. The van der Waals surface area contributed by atoms with E-state index in [9.17, 15) is 9.90 Å². The van der Waals surface area contributed by atoms with Crippen molar-refractivity contribution in [2.75, 3.05) is 12.4 Å². The fraction of sp³-hybridized carbons (Fsp3) is 0.364. The SMILES string of the molecule is CNC(C)C(=O)Nc1cc(C)ccc1O. The molecule has 0 bridgehead atoms. The van der Waals surface area contributed by atoms with Gasteiger partial charge in [-0.15, -0.1) is 0 Å². The minimum absolute atomic E-state index is 0.0808. The predicted molar refractivity (Wildman–Crippen MR) is 60.0 cm³/mol. The summed E-state index contributed by atoms with van der Waals surface area (Å²) in [7, 11) is 1.71. The molecule has 82 valence electrons. The van der Waals surface area contributed by atoms with E-state index in [1.807, 2.05) is 6.92 Å². The van der Waals surface area contributed by atoms with Crippen LogP contribution in [0.1, 0.15) is 12.5 Å². The second kappa shape index (κ2) is 4.79. The number of aryl methyl sites for hydroxylation is 1. The van der Waals surface area contributed by atoms with Crippen LogP contribution in [0.2, 0.25) is 0 Å². The number of nitrogens with one attached hydrogen (secondary N) is 2. The van der Waals surface area contributed by atoms with Crippen LogP contribution in [0.4, 0.5) is 5.69 Å². The molecule has 4 nitrogen and oxygen atoms in total. The molecule has 1 unspecified atom stereocenters. The molecule has 0 radical (unpaired) electrons. The Hall–Kier alpha value is -1.55.